The Hall–Kier alpha value is -3.57. The number of alkyl halides is 4. The van der Waals surface area contributed by atoms with E-state index in [-0.39, 0.29) is 0 Å². The van der Waals surface area contributed by atoms with Gasteiger partial charge >= 0.3 is 24.5 Å². The molecule has 8 nitrogen and oxygen atoms in total. The predicted octanol–water partition coefficient (Wildman–Crippen LogP) is 2.26. The number of carboxylic acid groups (broad SMARTS) is 2. The second-order valence-electron chi connectivity index (χ2n) is 5.06. The number of aromatic carboxylic acids is 2. The van der Waals surface area contributed by atoms with Crippen LogP contribution in [0.3, 0.4) is 0 Å². The van der Waals surface area contributed by atoms with Crippen LogP contribution in [0.5, 0.6) is 5.75 Å². The lowest BCUT2D eigenvalue weighted by Gasteiger charge is -2.20. The van der Waals surface area contributed by atoms with Gasteiger partial charge in [-0.3, -0.25) is 4.79 Å². The van der Waals surface area contributed by atoms with E-state index in [0.717, 1.165) is 24.3 Å². The van der Waals surface area contributed by atoms with Crippen molar-refractivity contribution in [3.63, 3.8) is 0 Å². The van der Waals surface area contributed by atoms with Crippen LogP contribution in [0.15, 0.2) is 29.1 Å². The monoisotopic (exact) mass is 390 g/mol. The molecule has 2 aromatic rings. The molecule has 2 rings (SSSR count). The van der Waals surface area contributed by atoms with E-state index in [1.165, 1.54) is 0 Å². The van der Waals surface area contributed by atoms with E-state index in [2.05, 4.69) is 4.74 Å². The number of carboxylic acids is 2. The summed E-state index contributed by atoms with van der Waals surface area (Å²) in [6, 6.07) is 3.96. The van der Waals surface area contributed by atoms with E-state index in [0.29, 0.717) is 0 Å². The first kappa shape index (κ1) is 19.8. The predicted molar refractivity (Wildman–Crippen MR) is 82.4 cm³/mol. The zero-order valence-electron chi connectivity index (χ0n) is 13.0. The summed E-state index contributed by atoms with van der Waals surface area (Å²) in [5.41, 5.74) is 0.513. The van der Waals surface area contributed by atoms with Gasteiger partial charge in [0, 0.05) is 11.1 Å². The van der Waals surface area contributed by atoms with Crippen molar-refractivity contribution in [3.05, 3.63) is 45.7 Å². The molecule has 0 saturated heterocycles. The highest BCUT2D eigenvalue weighted by molar-refractivity contribution is 6.08. The topological polar surface area (TPSA) is 143 Å². The number of nitrogen functional groups attached to an aromatic ring is 1. The van der Waals surface area contributed by atoms with E-state index >= 15 is 0 Å². The molecule has 0 fully saturated rings. The third kappa shape index (κ3) is 3.68. The Kier molecular flexibility index (Phi) is 5.10. The number of carbonyl (C=O) groups is 2. The fourth-order valence-electron chi connectivity index (χ4n) is 2.27. The molecule has 0 saturated carbocycles. The van der Waals surface area contributed by atoms with Crippen LogP contribution in [0.2, 0.25) is 0 Å². The zero-order chi connectivity index (χ0) is 20.5. The number of pyridine rings is 1. The molecule has 5 N–H and O–H groups in total. The van der Waals surface area contributed by atoms with Gasteiger partial charge in [-0.1, -0.05) is 18.2 Å². The average molecular weight is 390 g/mol. The number of nitrogens with two attached hydrogens (primary N) is 1. The largest absolute Gasteiger partial charge is 0.478 e. The van der Waals surface area contributed by atoms with Crippen molar-refractivity contribution < 1.29 is 42.1 Å². The molecule has 27 heavy (non-hydrogen) atoms. The normalized spacial score (nSPS) is 11.4. The molecule has 0 bridgehead atoms. The van der Waals surface area contributed by atoms with Gasteiger partial charge in [0.1, 0.15) is 22.7 Å². The number of aromatic nitrogens is 1. The highest BCUT2D eigenvalue weighted by Crippen LogP contribution is 2.38. The van der Waals surface area contributed by atoms with E-state index in [1.54, 1.807) is 0 Å². The number of aromatic amines is 1. The Balaban J connectivity index is 2.89. The number of benzene rings is 1. The van der Waals surface area contributed by atoms with E-state index in [4.69, 9.17) is 5.73 Å². The van der Waals surface area contributed by atoms with Gasteiger partial charge in [-0.25, -0.2) is 9.59 Å². The molecule has 0 radical (unpaired) electrons. The SMILES string of the molecule is Nc1[nH]c(=O)c(C(=O)O)c(-c2ccccc2OC(F)(F)C(F)F)c1C(=O)O. The molecular formula is C15H10F4N2O6. The Bertz CT molecular complexity index is 973. The van der Waals surface area contributed by atoms with Crippen LogP contribution in [-0.2, 0) is 0 Å². The molecule has 1 aromatic heterocycles. The maximum Gasteiger partial charge on any atom is 0.461 e. The van der Waals surface area contributed by atoms with E-state index in [9.17, 15) is 42.2 Å². The van der Waals surface area contributed by atoms with Gasteiger partial charge in [0.15, 0.2) is 0 Å². The summed E-state index contributed by atoms with van der Waals surface area (Å²) in [5.74, 6) is -5.43. The Morgan fingerprint density at radius 2 is 1.67 bits per heavy atom. The van der Waals surface area contributed by atoms with Gasteiger partial charge in [0.05, 0.1) is 0 Å². The number of para-hydroxylation sites is 1. The van der Waals surface area contributed by atoms with Crippen molar-refractivity contribution in [2.75, 3.05) is 5.73 Å². The van der Waals surface area contributed by atoms with Gasteiger partial charge in [0.25, 0.3) is 5.56 Å². The quantitative estimate of drug-likeness (QED) is 0.554. The second-order valence-corrected chi connectivity index (χ2v) is 5.06. The van der Waals surface area contributed by atoms with Crippen molar-refractivity contribution in [1.82, 2.24) is 4.98 Å². The van der Waals surface area contributed by atoms with Crippen LogP contribution >= 0.6 is 0 Å². The molecule has 0 spiro atoms. The molecule has 0 amide bonds. The van der Waals surface area contributed by atoms with Gasteiger partial charge in [-0.2, -0.15) is 17.6 Å². The molecule has 0 unspecified atom stereocenters. The number of rotatable bonds is 6. The van der Waals surface area contributed by atoms with Crippen LogP contribution in [0, 0.1) is 0 Å². The first-order valence-electron chi connectivity index (χ1n) is 6.94. The van der Waals surface area contributed by atoms with Crippen LogP contribution < -0.4 is 16.0 Å². The lowest BCUT2D eigenvalue weighted by atomic mass is 9.94. The molecule has 144 valence electrons. The highest BCUT2D eigenvalue weighted by atomic mass is 19.3. The molecule has 1 aromatic carbocycles. The number of ether oxygens (including phenoxy) is 1. The number of hydrogen-bond acceptors (Lipinski definition) is 5. The number of hydrogen-bond donors (Lipinski definition) is 4. The maximum absolute atomic E-state index is 13.3. The van der Waals surface area contributed by atoms with Crippen molar-refractivity contribution in [2.45, 2.75) is 12.5 Å². The summed E-state index contributed by atoms with van der Waals surface area (Å²) in [4.78, 5) is 36.7. The summed E-state index contributed by atoms with van der Waals surface area (Å²) in [6.07, 6.45) is -9.19. The van der Waals surface area contributed by atoms with Gasteiger partial charge in [-0.15, -0.1) is 0 Å². The number of nitrogens with one attached hydrogen (secondary N) is 1. The summed E-state index contributed by atoms with van der Waals surface area (Å²) >= 11 is 0. The summed E-state index contributed by atoms with van der Waals surface area (Å²) in [7, 11) is 0. The lowest BCUT2D eigenvalue weighted by molar-refractivity contribution is -0.253. The fraction of sp³-hybridized carbons (Fsp3) is 0.133. The minimum Gasteiger partial charge on any atom is -0.478 e. The molecule has 0 aliphatic carbocycles. The van der Waals surface area contributed by atoms with Crippen LogP contribution in [-0.4, -0.2) is 39.7 Å². The molecule has 0 atom stereocenters. The van der Waals surface area contributed by atoms with Crippen molar-refractivity contribution in [2.24, 2.45) is 0 Å². The second kappa shape index (κ2) is 6.97. The summed E-state index contributed by atoms with van der Waals surface area (Å²) in [5, 5.41) is 18.6. The van der Waals surface area contributed by atoms with Crippen LogP contribution in [0.1, 0.15) is 20.7 Å². The van der Waals surface area contributed by atoms with E-state index in [1.807, 2.05) is 4.98 Å². The van der Waals surface area contributed by atoms with Crippen molar-refractivity contribution in [1.29, 1.82) is 0 Å². The van der Waals surface area contributed by atoms with Gasteiger partial charge in [0.2, 0.25) is 0 Å². The molecular weight excluding hydrogens is 380 g/mol. The maximum atomic E-state index is 13.3. The Morgan fingerprint density at radius 1 is 1.11 bits per heavy atom. The Morgan fingerprint density at radius 3 is 2.19 bits per heavy atom. The van der Waals surface area contributed by atoms with Crippen LogP contribution in [0.4, 0.5) is 23.4 Å². The van der Waals surface area contributed by atoms with Crippen molar-refractivity contribution in [3.8, 4) is 16.9 Å². The molecule has 1 heterocycles. The number of anilines is 1. The van der Waals surface area contributed by atoms with Crippen LogP contribution in [0.25, 0.3) is 11.1 Å². The van der Waals surface area contributed by atoms with Gasteiger partial charge in [-0.05, 0) is 6.07 Å². The first-order chi connectivity index (χ1) is 12.5. The fourth-order valence-corrected chi connectivity index (χ4v) is 2.27. The van der Waals surface area contributed by atoms with Crippen molar-refractivity contribution >= 4 is 17.8 Å². The molecule has 0 aliphatic rings. The zero-order valence-corrected chi connectivity index (χ0v) is 13.0. The highest BCUT2D eigenvalue weighted by Gasteiger charge is 2.44. The standard InChI is InChI=1S/C15H10F4N2O6/c16-14(17)15(18,19)27-6-4-2-1-3-5(6)7-8(12(23)24)10(20)21-11(22)9(7)13(25)26/h1-4,14H,(H,23,24)(H,25,26)(H3,20,21,22). The lowest BCUT2D eigenvalue weighted by Crippen LogP contribution is -2.33. The molecule has 0 aliphatic heterocycles. The number of H-pyrrole nitrogens is 1. The number of halogens is 4. The molecule has 12 heteroatoms. The smallest absolute Gasteiger partial charge is 0.461 e. The van der Waals surface area contributed by atoms with E-state index < -0.39 is 63.9 Å². The minimum atomic E-state index is -4.96. The summed E-state index contributed by atoms with van der Waals surface area (Å²) in [6.45, 7) is 0. The average Bonchev–Trinajstić information content (AvgIpc) is 2.53. The summed E-state index contributed by atoms with van der Waals surface area (Å²) < 4.78 is 55.5. The Labute approximate surface area is 146 Å². The van der Waals surface area contributed by atoms with Gasteiger partial charge < -0.3 is 25.7 Å². The third-order valence-corrected chi connectivity index (χ3v) is 3.33. The first-order valence-corrected chi connectivity index (χ1v) is 6.94. The minimum absolute atomic E-state index is 0.648. The third-order valence-electron chi connectivity index (χ3n) is 3.33.